The molecular formula is C17H21BrN2O3. The number of halogens is 1. The van der Waals surface area contributed by atoms with E-state index in [1.165, 1.54) is 12.8 Å². The molecule has 2 N–H and O–H groups in total. The van der Waals surface area contributed by atoms with Crippen LogP contribution in [0.2, 0.25) is 0 Å². The molecule has 23 heavy (non-hydrogen) atoms. The maximum atomic E-state index is 11.5. The Bertz CT molecular complexity index is 682. The first kappa shape index (κ1) is 17.5. The first-order valence-electron chi connectivity index (χ1n) is 7.75. The van der Waals surface area contributed by atoms with E-state index in [0.717, 1.165) is 17.3 Å². The van der Waals surface area contributed by atoms with E-state index in [4.69, 9.17) is 4.74 Å². The Morgan fingerprint density at radius 1 is 1.35 bits per heavy atom. The molecule has 6 heteroatoms. The summed E-state index contributed by atoms with van der Waals surface area (Å²) in [6.07, 6.45) is 4.48. The normalized spacial score (nSPS) is 10.7. The quantitative estimate of drug-likeness (QED) is 0.644. The number of nitrogens with zero attached hydrogens (tertiary/aromatic N) is 1. The number of aromatic carboxylic acids is 1. The number of aryl methyl sites for hydroxylation is 1. The maximum Gasteiger partial charge on any atom is 0.339 e. The van der Waals surface area contributed by atoms with E-state index in [1.807, 2.05) is 18.2 Å². The molecule has 0 unspecified atom stereocenters. The zero-order valence-corrected chi connectivity index (χ0v) is 14.9. The molecule has 0 bridgehead atoms. The fourth-order valence-corrected chi connectivity index (χ4v) is 2.77. The van der Waals surface area contributed by atoms with Crippen molar-refractivity contribution < 1.29 is 14.6 Å². The predicted octanol–water partition coefficient (Wildman–Crippen LogP) is 4.80. The summed E-state index contributed by atoms with van der Waals surface area (Å²) in [6.45, 7) is 4.48. The summed E-state index contributed by atoms with van der Waals surface area (Å²) >= 11 is 3.42. The van der Waals surface area contributed by atoms with Gasteiger partial charge in [0.1, 0.15) is 17.0 Å². The number of hydrogen-bond donors (Lipinski definition) is 2. The molecule has 0 atom stereocenters. The second-order valence-electron chi connectivity index (χ2n) is 5.43. The van der Waals surface area contributed by atoms with Gasteiger partial charge in [-0.15, -0.1) is 0 Å². The van der Waals surface area contributed by atoms with Crippen molar-refractivity contribution in [3.05, 3.63) is 33.9 Å². The minimum Gasteiger partial charge on any atom is -0.493 e. The molecule has 1 heterocycles. The van der Waals surface area contributed by atoms with Gasteiger partial charge in [-0.1, -0.05) is 42.1 Å². The van der Waals surface area contributed by atoms with Gasteiger partial charge in [0.05, 0.1) is 6.61 Å². The Morgan fingerprint density at radius 3 is 2.83 bits per heavy atom. The molecule has 0 saturated heterocycles. The van der Waals surface area contributed by atoms with Crippen LogP contribution in [0.3, 0.4) is 0 Å². The van der Waals surface area contributed by atoms with Crippen LogP contribution in [-0.4, -0.2) is 27.9 Å². The molecule has 0 saturated carbocycles. The third-order valence-electron chi connectivity index (χ3n) is 3.61. The smallest absolute Gasteiger partial charge is 0.339 e. The number of nitrogens with one attached hydrogen (secondary N) is 1. The third kappa shape index (κ3) is 4.34. The molecular weight excluding hydrogens is 360 g/mol. The van der Waals surface area contributed by atoms with Gasteiger partial charge in [-0.2, -0.15) is 5.10 Å². The van der Waals surface area contributed by atoms with Crippen molar-refractivity contribution in [2.24, 2.45) is 0 Å². The summed E-state index contributed by atoms with van der Waals surface area (Å²) in [6, 6.07) is 5.56. The van der Waals surface area contributed by atoms with Gasteiger partial charge in [-0.3, -0.25) is 5.10 Å². The Balaban J connectivity index is 2.27. The van der Waals surface area contributed by atoms with Crippen LogP contribution in [-0.2, 0) is 0 Å². The molecule has 0 aliphatic carbocycles. The first-order valence-corrected chi connectivity index (χ1v) is 8.54. The molecule has 1 aromatic carbocycles. The third-order valence-corrected chi connectivity index (χ3v) is 4.11. The van der Waals surface area contributed by atoms with Crippen LogP contribution in [0, 0.1) is 6.92 Å². The van der Waals surface area contributed by atoms with Gasteiger partial charge in [-0.05, 0) is 31.5 Å². The second-order valence-corrected chi connectivity index (χ2v) is 6.34. The molecule has 0 fully saturated rings. The standard InChI is InChI=1S/C17H21BrN2O3/c1-3-4-5-6-9-23-14-8-7-12(18)10-13(14)16-15(17(21)22)11(2)19-20-16/h7-8,10H,3-6,9H2,1-2H3,(H,19,20)(H,21,22). The highest BCUT2D eigenvalue weighted by Gasteiger charge is 2.21. The lowest BCUT2D eigenvalue weighted by molar-refractivity contribution is 0.0697. The summed E-state index contributed by atoms with van der Waals surface area (Å²) in [5.41, 5.74) is 1.79. The Morgan fingerprint density at radius 2 is 2.13 bits per heavy atom. The SMILES string of the molecule is CCCCCCOc1ccc(Br)cc1-c1n[nH]c(C)c1C(=O)O. The fourth-order valence-electron chi connectivity index (χ4n) is 2.41. The monoisotopic (exact) mass is 380 g/mol. The van der Waals surface area contributed by atoms with Gasteiger partial charge in [0, 0.05) is 15.7 Å². The number of hydrogen-bond acceptors (Lipinski definition) is 3. The summed E-state index contributed by atoms with van der Waals surface area (Å²) < 4.78 is 6.72. The second kappa shape index (κ2) is 8.15. The summed E-state index contributed by atoms with van der Waals surface area (Å²) in [4.78, 5) is 11.5. The van der Waals surface area contributed by atoms with E-state index in [9.17, 15) is 9.90 Å². The highest BCUT2D eigenvalue weighted by atomic mass is 79.9. The number of rotatable bonds is 8. The van der Waals surface area contributed by atoms with Gasteiger partial charge in [-0.25, -0.2) is 4.79 Å². The summed E-state index contributed by atoms with van der Waals surface area (Å²) in [7, 11) is 0. The lowest BCUT2D eigenvalue weighted by atomic mass is 10.1. The van der Waals surface area contributed by atoms with Crippen molar-refractivity contribution >= 4 is 21.9 Å². The number of aromatic nitrogens is 2. The van der Waals surface area contributed by atoms with Gasteiger partial charge in [0.25, 0.3) is 0 Å². The highest BCUT2D eigenvalue weighted by molar-refractivity contribution is 9.10. The van der Waals surface area contributed by atoms with E-state index in [2.05, 4.69) is 33.1 Å². The van der Waals surface area contributed by atoms with E-state index in [0.29, 0.717) is 29.3 Å². The Labute approximate surface area is 144 Å². The number of H-pyrrole nitrogens is 1. The van der Waals surface area contributed by atoms with Crippen LogP contribution in [0.15, 0.2) is 22.7 Å². The number of carboxylic acids is 1. The van der Waals surface area contributed by atoms with Crippen LogP contribution in [0.5, 0.6) is 5.75 Å². The van der Waals surface area contributed by atoms with Crippen molar-refractivity contribution in [3.8, 4) is 17.0 Å². The number of ether oxygens (including phenoxy) is 1. The predicted molar refractivity (Wildman–Crippen MR) is 93.1 cm³/mol. The van der Waals surface area contributed by atoms with Crippen molar-refractivity contribution in [1.82, 2.24) is 10.2 Å². The van der Waals surface area contributed by atoms with Gasteiger partial charge in [0.15, 0.2) is 0 Å². The van der Waals surface area contributed by atoms with Crippen LogP contribution in [0.25, 0.3) is 11.3 Å². The zero-order chi connectivity index (χ0) is 16.8. The average Bonchev–Trinajstić information content (AvgIpc) is 2.90. The molecule has 0 aliphatic heterocycles. The number of carbonyl (C=O) groups is 1. The Hall–Kier alpha value is -1.82. The van der Waals surface area contributed by atoms with Gasteiger partial charge in [0.2, 0.25) is 0 Å². The van der Waals surface area contributed by atoms with E-state index >= 15 is 0 Å². The highest BCUT2D eigenvalue weighted by Crippen LogP contribution is 2.34. The summed E-state index contributed by atoms with van der Waals surface area (Å²) in [5, 5.41) is 16.3. The minimum absolute atomic E-state index is 0.180. The fraction of sp³-hybridized carbons (Fsp3) is 0.412. The molecule has 0 radical (unpaired) electrons. The molecule has 124 valence electrons. The van der Waals surface area contributed by atoms with Crippen molar-refractivity contribution in [2.75, 3.05) is 6.61 Å². The topological polar surface area (TPSA) is 75.2 Å². The van der Waals surface area contributed by atoms with Gasteiger partial charge < -0.3 is 9.84 Å². The Kier molecular flexibility index (Phi) is 6.21. The maximum absolute atomic E-state index is 11.5. The van der Waals surface area contributed by atoms with Crippen LogP contribution in [0.1, 0.15) is 48.7 Å². The average molecular weight is 381 g/mol. The number of carboxylic acid groups (broad SMARTS) is 1. The first-order chi connectivity index (χ1) is 11.0. The van der Waals surface area contributed by atoms with E-state index in [1.54, 1.807) is 6.92 Å². The molecule has 0 aliphatic rings. The lowest BCUT2D eigenvalue weighted by Gasteiger charge is -2.11. The number of unbranched alkanes of at least 4 members (excludes halogenated alkanes) is 3. The van der Waals surface area contributed by atoms with Crippen LogP contribution >= 0.6 is 15.9 Å². The molecule has 1 aromatic heterocycles. The summed E-state index contributed by atoms with van der Waals surface area (Å²) in [5.74, 6) is -0.348. The van der Waals surface area contributed by atoms with Crippen LogP contribution in [0.4, 0.5) is 0 Å². The van der Waals surface area contributed by atoms with Crippen molar-refractivity contribution in [3.63, 3.8) is 0 Å². The van der Waals surface area contributed by atoms with Gasteiger partial charge >= 0.3 is 5.97 Å². The molecule has 2 rings (SSSR count). The number of benzene rings is 1. The molecule has 2 aromatic rings. The van der Waals surface area contributed by atoms with E-state index in [-0.39, 0.29) is 5.56 Å². The van der Waals surface area contributed by atoms with Crippen LogP contribution < -0.4 is 4.74 Å². The van der Waals surface area contributed by atoms with Crippen molar-refractivity contribution in [2.45, 2.75) is 39.5 Å². The molecule has 0 spiro atoms. The lowest BCUT2D eigenvalue weighted by Crippen LogP contribution is -2.02. The van der Waals surface area contributed by atoms with E-state index < -0.39 is 5.97 Å². The number of aromatic amines is 1. The minimum atomic E-state index is -1.000. The zero-order valence-electron chi connectivity index (χ0n) is 13.4. The molecule has 5 nitrogen and oxygen atoms in total. The largest absolute Gasteiger partial charge is 0.493 e. The molecule has 0 amide bonds. The van der Waals surface area contributed by atoms with Crippen molar-refractivity contribution in [1.29, 1.82) is 0 Å².